The molecule has 0 bridgehead atoms. The van der Waals surface area contributed by atoms with Gasteiger partial charge in [-0.15, -0.1) is 11.5 Å². The van der Waals surface area contributed by atoms with Crippen LogP contribution < -0.4 is 0 Å². The molecule has 0 aliphatic carbocycles. The molecule has 1 rings (SSSR count). The zero-order valence-electron chi connectivity index (χ0n) is 5.03. The van der Waals surface area contributed by atoms with E-state index in [2.05, 4.69) is 15.5 Å². The van der Waals surface area contributed by atoms with Gasteiger partial charge in [0.15, 0.2) is 0 Å². The van der Waals surface area contributed by atoms with E-state index in [9.17, 15) is 0 Å². The maximum atomic E-state index is 5.15. The highest BCUT2D eigenvalue weighted by Crippen LogP contribution is 2.10. The van der Waals surface area contributed by atoms with Crippen molar-refractivity contribution in [3.63, 3.8) is 0 Å². The van der Waals surface area contributed by atoms with E-state index in [-0.39, 0.29) is 5.92 Å². The summed E-state index contributed by atoms with van der Waals surface area (Å²) in [7, 11) is 0. The van der Waals surface area contributed by atoms with Gasteiger partial charge in [-0.05, 0) is 18.5 Å². The average Bonchev–Trinajstić information content (AvgIpc) is 2.37. The number of aromatic nitrogens is 2. The molecule has 1 atom stereocenters. The van der Waals surface area contributed by atoms with Crippen LogP contribution in [-0.2, 0) is 0 Å². The van der Waals surface area contributed by atoms with Crippen molar-refractivity contribution in [3.8, 4) is 12.3 Å². The summed E-state index contributed by atoms with van der Waals surface area (Å²) in [6.45, 7) is 1.93. The van der Waals surface area contributed by atoms with Gasteiger partial charge < -0.3 is 0 Å². The minimum absolute atomic E-state index is 0.101. The fourth-order valence-corrected chi connectivity index (χ4v) is 0.994. The molecular weight excluding hydrogens is 132 g/mol. The van der Waals surface area contributed by atoms with Gasteiger partial charge in [-0.25, -0.2) is 0 Å². The molecule has 0 aromatic carbocycles. The van der Waals surface area contributed by atoms with Crippen molar-refractivity contribution in [2.24, 2.45) is 0 Å². The Labute approximate surface area is 58.1 Å². The van der Waals surface area contributed by atoms with E-state index >= 15 is 0 Å². The van der Waals surface area contributed by atoms with Crippen molar-refractivity contribution in [2.75, 3.05) is 0 Å². The Morgan fingerprint density at radius 1 is 1.89 bits per heavy atom. The largest absolute Gasteiger partial charge is 0.142 e. The first kappa shape index (κ1) is 6.24. The van der Waals surface area contributed by atoms with Crippen LogP contribution >= 0.6 is 11.5 Å². The first-order valence-electron chi connectivity index (χ1n) is 2.57. The molecule has 46 valence electrons. The molecule has 0 aliphatic heterocycles. The van der Waals surface area contributed by atoms with Crippen molar-refractivity contribution in [2.45, 2.75) is 12.8 Å². The van der Waals surface area contributed by atoms with Crippen molar-refractivity contribution < 1.29 is 0 Å². The molecule has 2 nitrogen and oxygen atoms in total. The number of terminal acetylenes is 1. The van der Waals surface area contributed by atoms with Crippen LogP contribution in [0.25, 0.3) is 0 Å². The Bertz CT molecular complexity index is 209. The van der Waals surface area contributed by atoms with Gasteiger partial charge in [-0.1, -0.05) is 10.4 Å². The van der Waals surface area contributed by atoms with Gasteiger partial charge in [0.2, 0.25) is 0 Å². The van der Waals surface area contributed by atoms with Gasteiger partial charge in [0, 0.05) is 5.38 Å². The monoisotopic (exact) mass is 138 g/mol. The third-order valence-electron chi connectivity index (χ3n) is 1.07. The lowest BCUT2D eigenvalue weighted by molar-refractivity contribution is 0.913. The first-order chi connectivity index (χ1) is 4.34. The number of hydrogen-bond donors (Lipinski definition) is 0. The van der Waals surface area contributed by atoms with Gasteiger partial charge in [-0.2, -0.15) is 0 Å². The average molecular weight is 138 g/mol. The highest BCUT2D eigenvalue weighted by Gasteiger charge is 2.02. The van der Waals surface area contributed by atoms with Crippen molar-refractivity contribution >= 4 is 11.5 Å². The van der Waals surface area contributed by atoms with Gasteiger partial charge in [-0.3, -0.25) is 0 Å². The molecular formula is C6H6N2S. The fraction of sp³-hybridized carbons (Fsp3) is 0.333. The highest BCUT2D eigenvalue weighted by atomic mass is 32.1. The number of hydrogen-bond acceptors (Lipinski definition) is 3. The molecule has 0 saturated carbocycles. The van der Waals surface area contributed by atoms with E-state index in [4.69, 9.17) is 6.42 Å². The Kier molecular flexibility index (Phi) is 1.81. The predicted octanol–water partition coefficient (Wildman–Crippen LogP) is 1.27. The molecule has 3 heteroatoms. The van der Waals surface area contributed by atoms with Crippen LogP contribution in [-0.4, -0.2) is 9.59 Å². The summed E-state index contributed by atoms with van der Waals surface area (Å²) in [4.78, 5) is 0. The van der Waals surface area contributed by atoms with Crippen LogP contribution in [0, 0.1) is 12.3 Å². The topological polar surface area (TPSA) is 25.8 Å². The molecule has 0 fully saturated rings. The van der Waals surface area contributed by atoms with Crippen LogP contribution in [0.2, 0.25) is 0 Å². The quantitative estimate of drug-likeness (QED) is 0.546. The molecule has 0 radical (unpaired) electrons. The summed E-state index contributed by atoms with van der Waals surface area (Å²) in [5.41, 5.74) is 0.891. The molecule has 1 aromatic rings. The Hall–Kier alpha value is -0.880. The summed E-state index contributed by atoms with van der Waals surface area (Å²) >= 11 is 1.33. The molecule has 1 aromatic heterocycles. The first-order valence-corrected chi connectivity index (χ1v) is 3.41. The van der Waals surface area contributed by atoms with Crippen molar-refractivity contribution in [3.05, 3.63) is 11.1 Å². The lowest BCUT2D eigenvalue weighted by Gasteiger charge is -1.92. The molecule has 1 heterocycles. The second-order valence-corrected chi connectivity index (χ2v) is 2.33. The molecule has 0 amide bonds. The number of rotatable bonds is 1. The van der Waals surface area contributed by atoms with E-state index in [0.29, 0.717) is 0 Å². The Morgan fingerprint density at radius 3 is 3.11 bits per heavy atom. The summed E-state index contributed by atoms with van der Waals surface area (Å²) in [5.74, 6) is 2.67. The minimum Gasteiger partial charge on any atom is -0.142 e. The summed E-state index contributed by atoms with van der Waals surface area (Å²) in [5, 5.41) is 5.68. The third kappa shape index (κ3) is 1.27. The zero-order valence-corrected chi connectivity index (χ0v) is 5.85. The van der Waals surface area contributed by atoms with Gasteiger partial charge in [0.05, 0.1) is 11.6 Å². The zero-order chi connectivity index (χ0) is 6.69. The third-order valence-corrected chi connectivity index (χ3v) is 1.59. The van der Waals surface area contributed by atoms with Gasteiger partial charge in [0.25, 0.3) is 0 Å². The molecule has 1 unspecified atom stereocenters. The van der Waals surface area contributed by atoms with Gasteiger partial charge in [0.1, 0.15) is 0 Å². The molecule has 0 aliphatic rings. The van der Waals surface area contributed by atoms with E-state index in [0.717, 1.165) is 5.69 Å². The summed E-state index contributed by atoms with van der Waals surface area (Å²) in [6.07, 6.45) is 5.15. The van der Waals surface area contributed by atoms with Crippen LogP contribution in [0.5, 0.6) is 0 Å². The SMILES string of the molecule is C#CC(C)c1csnn1. The van der Waals surface area contributed by atoms with Crippen LogP contribution in [0.15, 0.2) is 5.38 Å². The van der Waals surface area contributed by atoms with E-state index < -0.39 is 0 Å². The summed E-state index contributed by atoms with van der Waals surface area (Å²) in [6, 6.07) is 0. The highest BCUT2D eigenvalue weighted by molar-refractivity contribution is 7.03. The van der Waals surface area contributed by atoms with Crippen LogP contribution in [0.1, 0.15) is 18.5 Å². The number of nitrogens with zero attached hydrogens (tertiary/aromatic N) is 2. The molecule has 0 N–H and O–H groups in total. The second-order valence-electron chi connectivity index (χ2n) is 1.72. The predicted molar refractivity (Wildman–Crippen MR) is 37.2 cm³/mol. The Morgan fingerprint density at radius 2 is 2.67 bits per heavy atom. The molecule has 0 saturated heterocycles. The van der Waals surface area contributed by atoms with Gasteiger partial charge >= 0.3 is 0 Å². The molecule has 9 heavy (non-hydrogen) atoms. The van der Waals surface area contributed by atoms with E-state index in [1.807, 2.05) is 12.3 Å². The van der Waals surface area contributed by atoms with E-state index in [1.165, 1.54) is 11.5 Å². The summed E-state index contributed by atoms with van der Waals surface area (Å²) < 4.78 is 3.69. The smallest absolute Gasteiger partial charge is 0.0902 e. The van der Waals surface area contributed by atoms with Crippen LogP contribution in [0.3, 0.4) is 0 Å². The normalized spacial score (nSPS) is 12.4. The van der Waals surface area contributed by atoms with Crippen LogP contribution in [0.4, 0.5) is 0 Å². The minimum atomic E-state index is 0.101. The van der Waals surface area contributed by atoms with Crippen molar-refractivity contribution in [1.82, 2.24) is 9.59 Å². The Balaban J connectivity index is 2.80. The van der Waals surface area contributed by atoms with Crippen molar-refractivity contribution in [1.29, 1.82) is 0 Å². The standard InChI is InChI=1S/C6H6N2S/c1-3-5(2)6-4-9-8-7-6/h1,4-5H,2H3. The fourth-order valence-electron chi connectivity index (χ4n) is 0.446. The lowest BCUT2D eigenvalue weighted by Crippen LogP contribution is -1.88. The van der Waals surface area contributed by atoms with E-state index in [1.54, 1.807) is 0 Å². The lowest BCUT2D eigenvalue weighted by atomic mass is 10.1. The molecule has 0 spiro atoms. The maximum Gasteiger partial charge on any atom is 0.0902 e. The maximum absolute atomic E-state index is 5.15. The second kappa shape index (κ2) is 2.60.